The molecular weight excluding hydrogens is 435 g/mol. The molecule has 0 aliphatic carbocycles. The molecule has 5 rings (SSSR count). The van der Waals surface area contributed by atoms with Gasteiger partial charge < -0.3 is 25.5 Å². The molecular formula is C26H21FN4O3. The third-order valence-corrected chi connectivity index (χ3v) is 5.77. The minimum atomic E-state index is -1.27. The molecule has 0 saturated heterocycles. The van der Waals surface area contributed by atoms with Crippen molar-refractivity contribution >= 4 is 16.8 Å². The number of carbonyl (C=O) groups is 1. The highest BCUT2D eigenvalue weighted by Crippen LogP contribution is 2.35. The molecule has 1 amide bonds. The summed E-state index contributed by atoms with van der Waals surface area (Å²) in [6, 6.07) is 19.0. The zero-order chi connectivity index (χ0) is 23.9. The number of benzene rings is 3. The molecule has 0 radical (unpaired) electrons. The van der Waals surface area contributed by atoms with Crippen LogP contribution in [0.5, 0.6) is 11.5 Å². The monoisotopic (exact) mass is 456 g/mol. The van der Waals surface area contributed by atoms with Crippen molar-refractivity contribution in [2.24, 2.45) is 5.73 Å². The third-order valence-electron chi connectivity index (χ3n) is 5.77. The lowest BCUT2D eigenvalue weighted by Gasteiger charge is -2.22. The molecule has 1 unspecified atom stereocenters. The zero-order valence-electron chi connectivity index (χ0n) is 18.2. The number of amides is 1. The quantitative estimate of drug-likeness (QED) is 0.292. The number of nitrogens with zero attached hydrogens (tertiary/aromatic N) is 1. The first-order valence-electron chi connectivity index (χ1n) is 10.6. The molecule has 2 aromatic heterocycles. The number of hydrogen-bond donors (Lipinski definition) is 4. The van der Waals surface area contributed by atoms with Crippen molar-refractivity contribution in [3.05, 3.63) is 102 Å². The minimum absolute atomic E-state index is 0.0409. The summed E-state index contributed by atoms with van der Waals surface area (Å²) in [5, 5.41) is 11.5. The first-order chi connectivity index (χ1) is 16.3. The van der Waals surface area contributed by atoms with E-state index >= 15 is 0 Å². The summed E-state index contributed by atoms with van der Waals surface area (Å²) < 4.78 is 20.6. The highest BCUT2D eigenvalue weighted by atomic mass is 19.1. The zero-order valence-corrected chi connectivity index (χ0v) is 18.2. The molecule has 2 heterocycles. The molecule has 0 aliphatic rings. The summed E-state index contributed by atoms with van der Waals surface area (Å²) >= 11 is 0. The number of aliphatic hydroxyl groups is 1. The predicted octanol–water partition coefficient (Wildman–Crippen LogP) is 4.84. The number of halogens is 1. The number of imidazole rings is 1. The van der Waals surface area contributed by atoms with E-state index in [1.807, 2.05) is 30.3 Å². The molecule has 3 aromatic carbocycles. The molecule has 7 nitrogen and oxygen atoms in total. The number of aromatic nitrogens is 3. The van der Waals surface area contributed by atoms with Crippen molar-refractivity contribution in [1.29, 1.82) is 0 Å². The van der Waals surface area contributed by atoms with Gasteiger partial charge in [-0.15, -0.1) is 0 Å². The van der Waals surface area contributed by atoms with E-state index in [1.54, 1.807) is 49.6 Å². The van der Waals surface area contributed by atoms with Gasteiger partial charge in [0.1, 0.15) is 17.2 Å². The van der Waals surface area contributed by atoms with Gasteiger partial charge >= 0.3 is 0 Å². The molecule has 0 aliphatic heterocycles. The molecule has 34 heavy (non-hydrogen) atoms. The lowest BCUT2D eigenvalue weighted by atomic mass is 9.93. The van der Waals surface area contributed by atoms with Crippen molar-refractivity contribution in [3.63, 3.8) is 0 Å². The van der Waals surface area contributed by atoms with E-state index in [9.17, 15) is 14.3 Å². The smallest absolute Gasteiger partial charge is 0.253 e. The largest absolute Gasteiger partial charge is 0.453 e. The van der Waals surface area contributed by atoms with Crippen LogP contribution in [0.4, 0.5) is 4.39 Å². The van der Waals surface area contributed by atoms with Crippen LogP contribution in [-0.4, -0.2) is 26.0 Å². The standard InChI is InChI=1S/C26H21FN4O3/c1-26(33,16-7-3-2-4-8-16)21-14-30-25(31-21)15-6-5-9-17(12-15)34-23-19(27)13-20-18(10-11-29-20)22(23)24(28)32/h2-14,29,33H,1H3,(H2,28,32)(H,30,31). The third kappa shape index (κ3) is 3.70. The Labute approximate surface area is 194 Å². The fourth-order valence-corrected chi connectivity index (χ4v) is 3.96. The van der Waals surface area contributed by atoms with Gasteiger partial charge in [0, 0.05) is 28.7 Å². The van der Waals surface area contributed by atoms with Gasteiger partial charge in [-0.2, -0.15) is 0 Å². The van der Waals surface area contributed by atoms with Crippen LogP contribution in [0.1, 0.15) is 28.5 Å². The SMILES string of the molecule is CC(O)(c1ccccc1)c1cnc(-c2cccc(Oc3c(F)cc4[nH]ccc4c3C(N)=O)c2)[nH]1. The molecule has 0 fully saturated rings. The molecule has 170 valence electrons. The summed E-state index contributed by atoms with van der Waals surface area (Å²) in [6.45, 7) is 1.68. The number of ether oxygens (including phenoxy) is 1. The van der Waals surface area contributed by atoms with Gasteiger partial charge in [0.05, 0.1) is 17.5 Å². The highest BCUT2D eigenvalue weighted by Gasteiger charge is 2.28. The molecule has 8 heteroatoms. The summed E-state index contributed by atoms with van der Waals surface area (Å²) in [4.78, 5) is 22.5. The van der Waals surface area contributed by atoms with Crippen LogP contribution in [0.25, 0.3) is 22.3 Å². The Bertz CT molecular complexity index is 1510. The van der Waals surface area contributed by atoms with Gasteiger partial charge in [-0.05, 0) is 30.7 Å². The van der Waals surface area contributed by atoms with Gasteiger partial charge in [0.25, 0.3) is 5.91 Å². The molecule has 5 aromatic rings. The Kier molecular flexibility index (Phi) is 5.14. The topological polar surface area (TPSA) is 117 Å². The van der Waals surface area contributed by atoms with E-state index in [-0.39, 0.29) is 11.3 Å². The average Bonchev–Trinajstić information content (AvgIpc) is 3.50. The van der Waals surface area contributed by atoms with E-state index in [0.29, 0.717) is 33.7 Å². The van der Waals surface area contributed by atoms with E-state index in [2.05, 4.69) is 15.0 Å². The van der Waals surface area contributed by atoms with Crippen LogP contribution >= 0.6 is 0 Å². The second kappa shape index (κ2) is 8.17. The maximum atomic E-state index is 14.8. The number of aromatic amines is 2. The van der Waals surface area contributed by atoms with Gasteiger partial charge in [-0.25, -0.2) is 9.37 Å². The Balaban J connectivity index is 1.49. The van der Waals surface area contributed by atoms with Gasteiger partial charge in [-0.1, -0.05) is 42.5 Å². The van der Waals surface area contributed by atoms with Crippen LogP contribution in [-0.2, 0) is 5.60 Å². The van der Waals surface area contributed by atoms with E-state index in [4.69, 9.17) is 10.5 Å². The average molecular weight is 456 g/mol. The van der Waals surface area contributed by atoms with E-state index < -0.39 is 17.3 Å². The molecule has 0 bridgehead atoms. The molecule has 0 spiro atoms. The molecule has 1 atom stereocenters. The second-order valence-electron chi connectivity index (χ2n) is 8.08. The summed E-state index contributed by atoms with van der Waals surface area (Å²) in [6.07, 6.45) is 3.17. The first-order valence-corrected chi connectivity index (χ1v) is 10.6. The lowest BCUT2D eigenvalue weighted by molar-refractivity contribution is 0.0978. The van der Waals surface area contributed by atoms with Gasteiger partial charge in [0.15, 0.2) is 11.6 Å². The highest BCUT2D eigenvalue weighted by molar-refractivity contribution is 6.08. The first kappa shape index (κ1) is 21.4. The second-order valence-corrected chi connectivity index (χ2v) is 8.08. The van der Waals surface area contributed by atoms with Crippen molar-refractivity contribution < 1.29 is 19.0 Å². The maximum absolute atomic E-state index is 14.8. The Morgan fingerprint density at radius 3 is 2.68 bits per heavy atom. The molecule has 5 N–H and O–H groups in total. The van der Waals surface area contributed by atoms with Gasteiger partial charge in [-0.3, -0.25) is 4.79 Å². The number of H-pyrrole nitrogens is 2. The van der Waals surface area contributed by atoms with Crippen molar-refractivity contribution in [1.82, 2.24) is 15.0 Å². The fraction of sp³-hybridized carbons (Fsp3) is 0.0769. The van der Waals surface area contributed by atoms with Crippen molar-refractivity contribution in [2.45, 2.75) is 12.5 Å². The van der Waals surface area contributed by atoms with Crippen LogP contribution in [0.2, 0.25) is 0 Å². The fourth-order valence-electron chi connectivity index (χ4n) is 3.96. The van der Waals surface area contributed by atoms with Gasteiger partial charge in [0.2, 0.25) is 0 Å². The van der Waals surface area contributed by atoms with Crippen molar-refractivity contribution in [3.8, 4) is 22.9 Å². The number of nitrogens with one attached hydrogen (secondary N) is 2. The summed E-state index contributed by atoms with van der Waals surface area (Å²) in [7, 11) is 0. The Morgan fingerprint density at radius 2 is 1.91 bits per heavy atom. The van der Waals surface area contributed by atoms with E-state index in [0.717, 1.165) is 5.56 Å². The minimum Gasteiger partial charge on any atom is -0.453 e. The molecule has 0 saturated carbocycles. The lowest BCUT2D eigenvalue weighted by Crippen LogP contribution is -2.23. The number of primary amides is 1. The number of hydrogen-bond acceptors (Lipinski definition) is 4. The van der Waals surface area contributed by atoms with Crippen molar-refractivity contribution in [2.75, 3.05) is 0 Å². The number of carbonyl (C=O) groups excluding carboxylic acids is 1. The number of fused-ring (bicyclic) bond motifs is 1. The Morgan fingerprint density at radius 1 is 1.12 bits per heavy atom. The normalized spacial score (nSPS) is 13.0. The van der Waals surface area contributed by atoms with Crippen LogP contribution in [0, 0.1) is 5.82 Å². The van der Waals surface area contributed by atoms with Crippen LogP contribution < -0.4 is 10.5 Å². The number of nitrogens with two attached hydrogens (primary N) is 1. The summed E-state index contributed by atoms with van der Waals surface area (Å²) in [5.41, 5.74) is 6.55. The Hall–Kier alpha value is -4.43. The van der Waals surface area contributed by atoms with E-state index in [1.165, 1.54) is 6.07 Å². The summed E-state index contributed by atoms with van der Waals surface area (Å²) in [5.74, 6) is -0.971. The maximum Gasteiger partial charge on any atom is 0.253 e. The van der Waals surface area contributed by atoms with Crippen LogP contribution in [0.15, 0.2) is 79.1 Å². The van der Waals surface area contributed by atoms with Crippen LogP contribution in [0.3, 0.4) is 0 Å². The predicted molar refractivity (Wildman–Crippen MR) is 126 cm³/mol. The number of rotatable bonds is 6.